The Balaban J connectivity index is 2.21. The van der Waals surface area contributed by atoms with Gasteiger partial charge in [-0.25, -0.2) is 0 Å². The second kappa shape index (κ2) is 1.95. The topological polar surface area (TPSA) is 24.7 Å². The van der Waals surface area contributed by atoms with Crippen LogP contribution in [-0.2, 0) is 0 Å². The molecule has 0 spiro atoms. The maximum Gasteiger partial charge on any atom is 0.199 e. The van der Waals surface area contributed by atoms with E-state index in [2.05, 4.69) is 7.05 Å². The van der Waals surface area contributed by atoms with E-state index in [4.69, 9.17) is 0 Å². The van der Waals surface area contributed by atoms with Gasteiger partial charge in [0.1, 0.15) is 0 Å². The number of nitrogens with one attached hydrogen (secondary N) is 1. The molecular formula is C8H16NO+. The maximum atomic E-state index is 9.95. The Hall–Kier alpha value is -0.0800. The normalized spacial score (nSPS) is 53.4. The molecule has 3 atom stereocenters. The monoisotopic (exact) mass is 142 g/mol. The lowest BCUT2D eigenvalue weighted by Gasteiger charge is -2.34. The molecule has 58 valence electrons. The molecular weight excluding hydrogens is 126 g/mol. The first-order valence-corrected chi connectivity index (χ1v) is 4.29. The van der Waals surface area contributed by atoms with Crippen LogP contribution in [0.25, 0.3) is 0 Å². The standard InChI is InChI=1S/C8H15NO/c1-9-7-3-2-5-8(9,10)6-4-7/h7,10H,2-6H2,1H3/p+1. The Morgan fingerprint density at radius 2 is 2.20 bits per heavy atom. The molecule has 0 aromatic heterocycles. The smallest absolute Gasteiger partial charge is 0.199 e. The largest absolute Gasteiger partial charge is 0.342 e. The number of hydrogen-bond acceptors (Lipinski definition) is 1. The Labute approximate surface area is 61.8 Å². The summed E-state index contributed by atoms with van der Waals surface area (Å²) in [6, 6.07) is 0.763. The van der Waals surface area contributed by atoms with Gasteiger partial charge in [-0.15, -0.1) is 0 Å². The first-order valence-electron chi connectivity index (χ1n) is 4.29. The molecule has 0 aliphatic carbocycles. The lowest BCUT2D eigenvalue weighted by atomic mass is 10.0. The summed E-state index contributed by atoms with van der Waals surface area (Å²) < 4.78 is 0. The van der Waals surface area contributed by atoms with Crippen LogP contribution < -0.4 is 4.90 Å². The van der Waals surface area contributed by atoms with Crippen molar-refractivity contribution in [3.05, 3.63) is 0 Å². The molecule has 0 radical (unpaired) electrons. The van der Waals surface area contributed by atoms with E-state index in [1.165, 1.54) is 24.2 Å². The van der Waals surface area contributed by atoms with Crippen LogP contribution >= 0.6 is 0 Å². The fourth-order valence-corrected chi connectivity index (χ4v) is 2.53. The van der Waals surface area contributed by atoms with Crippen LogP contribution in [0.1, 0.15) is 32.1 Å². The van der Waals surface area contributed by atoms with Gasteiger partial charge in [-0.1, -0.05) is 0 Å². The van der Waals surface area contributed by atoms with Crippen LogP contribution in [0.5, 0.6) is 0 Å². The highest BCUT2D eigenvalue weighted by atomic mass is 16.3. The van der Waals surface area contributed by atoms with Crippen molar-refractivity contribution in [1.82, 2.24) is 0 Å². The number of piperidine rings is 1. The van der Waals surface area contributed by atoms with Gasteiger partial charge in [-0.2, -0.15) is 0 Å². The summed E-state index contributed by atoms with van der Waals surface area (Å²) in [7, 11) is 2.14. The lowest BCUT2D eigenvalue weighted by Crippen LogP contribution is -3.19. The third-order valence-electron chi connectivity index (χ3n) is 3.40. The molecule has 2 fully saturated rings. The predicted molar refractivity (Wildman–Crippen MR) is 38.7 cm³/mol. The van der Waals surface area contributed by atoms with Gasteiger partial charge in [0.25, 0.3) is 0 Å². The van der Waals surface area contributed by atoms with E-state index in [1.54, 1.807) is 0 Å². The van der Waals surface area contributed by atoms with Crippen molar-refractivity contribution in [3.8, 4) is 0 Å². The summed E-state index contributed by atoms with van der Waals surface area (Å²) in [6.45, 7) is 0. The van der Waals surface area contributed by atoms with Crippen LogP contribution in [0, 0.1) is 0 Å². The highest BCUT2D eigenvalue weighted by Crippen LogP contribution is 2.28. The Morgan fingerprint density at radius 1 is 1.40 bits per heavy atom. The van der Waals surface area contributed by atoms with Crippen LogP contribution in [0.2, 0.25) is 0 Å². The number of aliphatic hydroxyl groups is 1. The van der Waals surface area contributed by atoms with Gasteiger partial charge in [0.15, 0.2) is 5.72 Å². The first-order chi connectivity index (χ1) is 4.72. The molecule has 2 saturated heterocycles. The van der Waals surface area contributed by atoms with E-state index in [1.807, 2.05) is 0 Å². The highest BCUT2D eigenvalue weighted by molar-refractivity contribution is 4.81. The maximum absolute atomic E-state index is 9.95. The summed E-state index contributed by atoms with van der Waals surface area (Å²) >= 11 is 0. The molecule has 0 aromatic rings. The summed E-state index contributed by atoms with van der Waals surface area (Å²) in [4.78, 5) is 1.37. The minimum absolute atomic E-state index is 0.330. The van der Waals surface area contributed by atoms with Crippen molar-refractivity contribution in [2.45, 2.75) is 43.9 Å². The molecule has 2 heteroatoms. The molecule has 2 aliphatic heterocycles. The first kappa shape index (κ1) is 6.62. The minimum atomic E-state index is -0.330. The summed E-state index contributed by atoms with van der Waals surface area (Å²) in [5.41, 5.74) is -0.330. The average molecular weight is 142 g/mol. The van der Waals surface area contributed by atoms with Crippen molar-refractivity contribution < 1.29 is 10.0 Å². The lowest BCUT2D eigenvalue weighted by molar-refractivity contribution is -0.974. The third kappa shape index (κ3) is 0.722. The predicted octanol–water partition coefficient (Wildman–Crippen LogP) is -0.464. The molecule has 2 bridgehead atoms. The van der Waals surface area contributed by atoms with E-state index in [9.17, 15) is 5.11 Å². The van der Waals surface area contributed by atoms with Crippen molar-refractivity contribution in [1.29, 1.82) is 0 Å². The molecule has 10 heavy (non-hydrogen) atoms. The van der Waals surface area contributed by atoms with Gasteiger partial charge < -0.3 is 10.0 Å². The number of quaternary nitrogens is 1. The zero-order chi connectivity index (χ0) is 7.19. The van der Waals surface area contributed by atoms with Crippen molar-refractivity contribution in [3.63, 3.8) is 0 Å². The van der Waals surface area contributed by atoms with Gasteiger partial charge in [0, 0.05) is 19.3 Å². The summed E-state index contributed by atoms with van der Waals surface area (Å²) in [5.74, 6) is 0. The van der Waals surface area contributed by atoms with Crippen molar-refractivity contribution in [2.75, 3.05) is 7.05 Å². The molecule has 0 amide bonds. The molecule has 3 unspecified atom stereocenters. The van der Waals surface area contributed by atoms with Gasteiger partial charge >= 0.3 is 0 Å². The van der Waals surface area contributed by atoms with E-state index in [0.717, 1.165) is 18.9 Å². The van der Waals surface area contributed by atoms with Crippen molar-refractivity contribution >= 4 is 0 Å². The van der Waals surface area contributed by atoms with Crippen LogP contribution in [0.4, 0.5) is 0 Å². The van der Waals surface area contributed by atoms with Crippen LogP contribution in [-0.4, -0.2) is 23.9 Å². The zero-order valence-corrected chi connectivity index (χ0v) is 6.56. The van der Waals surface area contributed by atoms with Gasteiger partial charge in [0.2, 0.25) is 0 Å². The fraction of sp³-hybridized carbons (Fsp3) is 1.00. The Bertz CT molecular complexity index is 144. The van der Waals surface area contributed by atoms with E-state index >= 15 is 0 Å². The van der Waals surface area contributed by atoms with E-state index in [0.29, 0.717) is 0 Å². The zero-order valence-electron chi connectivity index (χ0n) is 6.56. The fourth-order valence-electron chi connectivity index (χ4n) is 2.53. The third-order valence-corrected chi connectivity index (χ3v) is 3.40. The van der Waals surface area contributed by atoms with Crippen LogP contribution in [0.3, 0.4) is 0 Å². The minimum Gasteiger partial charge on any atom is -0.342 e. The van der Waals surface area contributed by atoms with E-state index < -0.39 is 0 Å². The van der Waals surface area contributed by atoms with Gasteiger partial charge in [0.05, 0.1) is 13.1 Å². The molecule has 2 nitrogen and oxygen atoms in total. The number of hydrogen-bond donors (Lipinski definition) is 2. The molecule has 0 aromatic carbocycles. The van der Waals surface area contributed by atoms with Gasteiger partial charge in [-0.3, -0.25) is 0 Å². The quantitative estimate of drug-likeness (QED) is 0.470. The van der Waals surface area contributed by atoms with E-state index in [-0.39, 0.29) is 5.72 Å². The van der Waals surface area contributed by atoms with Gasteiger partial charge in [-0.05, 0) is 12.8 Å². The number of fused-ring (bicyclic) bond motifs is 2. The summed E-state index contributed by atoms with van der Waals surface area (Å²) in [6.07, 6.45) is 5.85. The summed E-state index contributed by atoms with van der Waals surface area (Å²) in [5, 5.41) is 9.95. The molecule has 2 heterocycles. The molecule has 0 saturated carbocycles. The van der Waals surface area contributed by atoms with Crippen LogP contribution in [0.15, 0.2) is 0 Å². The highest BCUT2D eigenvalue weighted by Gasteiger charge is 2.49. The molecule has 2 rings (SSSR count). The second-order valence-corrected chi connectivity index (χ2v) is 3.84. The molecule has 2 aliphatic rings. The molecule has 2 N–H and O–H groups in total. The number of rotatable bonds is 0. The Morgan fingerprint density at radius 3 is 2.80 bits per heavy atom. The Kier molecular flexibility index (Phi) is 1.29. The SMILES string of the molecule is C[NH+]1C2CCCC1(O)CC2. The average Bonchev–Trinajstić information content (AvgIpc) is 2.18. The van der Waals surface area contributed by atoms with Crippen molar-refractivity contribution in [2.24, 2.45) is 0 Å². The second-order valence-electron chi connectivity index (χ2n) is 3.84.